The van der Waals surface area contributed by atoms with Crippen molar-refractivity contribution in [2.45, 2.75) is 6.36 Å². The lowest BCUT2D eigenvalue weighted by molar-refractivity contribution is -0.275. The molecule has 1 nitrogen and oxygen atoms in total. The molecule has 0 fully saturated rings. The first kappa shape index (κ1) is 12.3. The van der Waals surface area contributed by atoms with Crippen molar-refractivity contribution >= 4 is 45.2 Å². The first-order chi connectivity index (χ1) is 6.29. The van der Waals surface area contributed by atoms with E-state index in [0.29, 0.717) is 9.64 Å². The van der Waals surface area contributed by atoms with Gasteiger partial charge in [0.25, 0.3) is 0 Å². The third-order valence-corrected chi connectivity index (χ3v) is 4.18. The molecular weight excluding hydrogens is 430 g/mol. The van der Waals surface area contributed by atoms with Crippen LogP contribution in [0.1, 0.15) is 0 Å². The summed E-state index contributed by atoms with van der Waals surface area (Å²) in [6.07, 6.45) is -4.79. The summed E-state index contributed by atoms with van der Waals surface area (Å²) in [7, 11) is 0. The number of rotatable bonds is 1. The first-order valence-corrected chi connectivity index (χ1v) is 5.35. The van der Waals surface area contributed by atoms with E-state index in [1.54, 1.807) is 45.2 Å². The second-order valence-electron chi connectivity index (χ2n) is 2.25. The minimum atomic E-state index is -4.79. The smallest absolute Gasteiger partial charge is 0.405 e. The van der Waals surface area contributed by atoms with Crippen LogP contribution in [-0.2, 0) is 0 Å². The minimum absolute atomic E-state index is 0.238. The molecule has 0 amide bonds. The molecule has 0 unspecified atom stereocenters. The summed E-state index contributed by atoms with van der Waals surface area (Å²) in [5.41, 5.74) is 0. The van der Waals surface area contributed by atoms with Gasteiger partial charge in [-0.25, -0.2) is 4.39 Å². The average molecular weight is 432 g/mol. The molecule has 0 saturated heterocycles. The molecule has 0 heterocycles. The number of ether oxygens (including phenoxy) is 1. The van der Waals surface area contributed by atoms with Gasteiger partial charge < -0.3 is 4.74 Å². The Morgan fingerprint density at radius 3 is 2.21 bits per heavy atom. The molecule has 0 aliphatic heterocycles. The lowest BCUT2D eigenvalue weighted by Gasteiger charge is -2.11. The molecule has 1 aromatic carbocycles. The van der Waals surface area contributed by atoms with E-state index in [-0.39, 0.29) is 3.57 Å². The zero-order valence-electron chi connectivity index (χ0n) is 6.33. The van der Waals surface area contributed by atoms with Crippen molar-refractivity contribution in [3.8, 4) is 5.75 Å². The number of hydrogen-bond donors (Lipinski definition) is 0. The van der Waals surface area contributed by atoms with Crippen LogP contribution in [0.5, 0.6) is 5.75 Å². The summed E-state index contributed by atoms with van der Waals surface area (Å²) < 4.78 is 52.5. The molecule has 0 bridgehead atoms. The maximum atomic E-state index is 12.7. The van der Waals surface area contributed by atoms with Gasteiger partial charge >= 0.3 is 6.36 Å². The van der Waals surface area contributed by atoms with Gasteiger partial charge in [0.1, 0.15) is 11.6 Å². The quantitative estimate of drug-likeness (QED) is 0.372. The van der Waals surface area contributed by atoms with Crippen molar-refractivity contribution in [1.82, 2.24) is 0 Å². The lowest BCUT2D eigenvalue weighted by Crippen LogP contribution is -2.18. The fourth-order valence-corrected chi connectivity index (χ4v) is 1.72. The van der Waals surface area contributed by atoms with E-state index < -0.39 is 17.9 Å². The number of benzene rings is 1. The second-order valence-corrected chi connectivity index (χ2v) is 4.49. The minimum Gasteiger partial charge on any atom is -0.405 e. The van der Waals surface area contributed by atoms with Crippen LogP contribution >= 0.6 is 45.2 Å². The largest absolute Gasteiger partial charge is 0.573 e. The number of halogens is 6. The highest BCUT2D eigenvalue weighted by Crippen LogP contribution is 2.31. The molecule has 14 heavy (non-hydrogen) atoms. The second kappa shape index (κ2) is 4.37. The Bertz CT molecular complexity index is 350. The predicted octanol–water partition coefficient (Wildman–Crippen LogP) is 3.93. The van der Waals surface area contributed by atoms with E-state index >= 15 is 0 Å². The Morgan fingerprint density at radius 2 is 1.71 bits per heavy atom. The van der Waals surface area contributed by atoms with Crippen LogP contribution < -0.4 is 4.74 Å². The summed E-state index contributed by atoms with van der Waals surface area (Å²) in [6.45, 7) is 0. The molecule has 0 aliphatic rings. The monoisotopic (exact) mass is 432 g/mol. The lowest BCUT2D eigenvalue weighted by atomic mass is 10.3. The highest BCUT2D eigenvalue weighted by molar-refractivity contribution is 14.1. The van der Waals surface area contributed by atoms with Crippen LogP contribution in [0.15, 0.2) is 12.1 Å². The molecule has 1 aromatic rings. The Balaban J connectivity index is 3.09. The summed E-state index contributed by atoms with van der Waals surface area (Å²) in [5, 5.41) is 0. The molecule has 0 aliphatic carbocycles. The number of alkyl halides is 3. The molecule has 0 N–H and O–H groups in total. The molecule has 78 valence electrons. The van der Waals surface area contributed by atoms with E-state index in [1.165, 1.54) is 0 Å². The van der Waals surface area contributed by atoms with Gasteiger partial charge in [-0.3, -0.25) is 0 Å². The fraction of sp³-hybridized carbons (Fsp3) is 0.143. The topological polar surface area (TPSA) is 9.23 Å². The van der Waals surface area contributed by atoms with E-state index in [2.05, 4.69) is 4.74 Å². The van der Waals surface area contributed by atoms with E-state index in [1.807, 2.05) is 0 Å². The van der Waals surface area contributed by atoms with Crippen LogP contribution in [0.2, 0.25) is 0 Å². The number of hydrogen-bond acceptors (Lipinski definition) is 1. The normalized spacial score (nSPS) is 11.6. The van der Waals surface area contributed by atoms with Crippen molar-refractivity contribution < 1.29 is 22.3 Å². The third-order valence-electron chi connectivity index (χ3n) is 1.19. The van der Waals surface area contributed by atoms with Crippen LogP contribution in [0, 0.1) is 13.0 Å². The third kappa shape index (κ3) is 3.41. The van der Waals surface area contributed by atoms with Gasteiger partial charge in [-0.05, 0) is 51.2 Å². The van der Waals surface area contributed by atoms with Crippen molar-refractivity contribution in [1.29, 1.82) is 0 Å². The van der Waals surface area contributed by atoms with Crippen LogP contribution in [-0.4, -0.2) is 6.36 Å². The molecule has 7 heteroatoms. The Labute approximate surface area is 104 Å². The van der Waals surface area contributed by atoms with Crippen LogP contribution in [0.3, 0.4) is 0 Å². The van der Waals surface area contributed by atoms with Gasteiger partial charge in [-0.1, -0.05) is 0 Å². The molecule has 0 saturated carbocycles. The van der Waals surface area contributed by atoms with Gasteiger partial charge in [-0.2, -0.15) is 0 Å². The zero-order chi connectivity index (χ0) is 10.9. The van der Waals surface area contributed by atoms with Gasteiger partial charge in [0.15, 0.2) is 0 Å². The maximum Gasteiger partial charge on any atom is 0.573 e. The Hall–Kier alpha value is 0.200. The summed E-state index contributed by atoms with van der Waals surface area (Å²) >= 11 is 3.39. The highest BCUT2D eigenvalue weighted by Gasteiger charge is 2.32. The molecule has 0 radical (unpaired) electrons. The fourth-order valence-electron chi connectivity index (χ4n) is 0.731. The van der Waals surface area contributed by atoms with Crippen molar-refractivity contribution in [2.75, 3.05) is 0 Å². The molecule has 0 atom stereocenters. The molecule has 1 rings (SSSR count). The summed E-state index contributed by atoms with van der Waals surface area (Å²) in [4.78, 5) is 0. The van der Waals surface area contributed by atoms with E-state index in [0.717, 1.165) is 6.07 Å². The van der Waals surface area contributed by atoms with Crippen molar-refractivity contribution in [2.24, 2.45) is 0 Å². The van der Waals surface area contributed by atoms with Crippen molar-refractivity contribution in [3.63, 3.8) is 0 Å². The van der Waals surface area contributed by atoms with Gasteiger partial charge in [0.05, 0.1) is 3.57 Å². The SMILES string of the molecule is Fc1cc(I)c(I)c(OC(F)(F)F)c1. The predicted molar refractivity (Wildman–Crippen MR) is 58.5 cm³/mol. The van der Waals surface area contributed by atoms with Crippen LogP contribution in [0.4, 0.5) is 17.6 Å². The standard InChI is InChI=1S/C7H2F4I2O/c8-3-1-4(12)6(13)5(2-3)14-7(9,10)11/h1-2H. The molecular formula is C7H2F4I2O. The molecule has 0 spiro atoms. The van der Waals surface area contributed by atoms with Gasteiger partial charge in [0, 0.05) is 9.64 Å². The zero-order valence-corrected chi connectivity index (χ0v) is 10.6. The average Bonchev–Trinajstić information content (AvgIpc) is 1.96. The van der Waals surface area contributed by atoms with E-state index in [9.17, 15) is 17.6 Å². The molecule has 0 aromatic heterocycles. The summed E-state index contributed by atoms with van der Waals surface area (Å²) in [6, 6.07) is 1.84. The maximum absolute atomic E-state index is 12.7. The van der Waals surface area contributed by atoms with Crippen LogP contribution in [0.25, 0.3) is 0 Å². The van der Waals surface area contributed by atoms with E-state index in [4.69, 9.17) is 0 Å². The van der Waals surface area contributed by atoms with Gasteiger partial charge in [0.2, 0.25) is 0 Å². The summed E-state index contributed by atoms with van der Waals surface area (Å²) in [5.74, 6) is -1.27. The van der Waals surface area contributed by atoms with Crippen molar-refractivity contribution in [3.05, 3.63) is 25.1 Å². The Morgan fingerprint density at radius 1 is 1.14 bits per heavy atom. The Kier molecular flexibility index (Phi) is 3.83. The van der Waals surface area contributed by atoms with Gasteiger partial charge in [-0.15, -0.1) is 13.2 Å². The first-order valence-electron chi connectivity index (χ1n) is 3.20. The highest BCUT2D eigenvalue weighted by atomic mass is 127.